The minimum atomic E-state index is -1.02. The van der Waals surface area contributed by atoms with E-state index in [4.69, 9.17) is 0 Å². The van der Waals surface area contributed by atoms with Crippen LogP contribution in [0.5, 0.6) is 0 Å². The molecule has 25 heavy (non-hydrogen) atoms. The van der Waals surface area contributed by atoms with E-state index in [1.54, 1.807) is 6.92 Å². The van der Waals surface area contributed by atoms with Gasteiger partial charge in [0.25, 0.3) is 0 Å². The summed E-state index contributed by atoms with van der Waals surface area (Å²) in [7, 11) is 0. The van der Waals surface area contributed by atoms with Gasteiger partial charge in [0, 0.05) is 5.41 Å². The molecule has 0 radical (unpaired) electrons. The highest BCUT2D eigenvalue weighted by molar-refractivity contribution is 5.16. The SMILES string of the molecule is CC(O)[C@@]1(O)CC[C@H]2[C@@H]3C(O)CC4CC(O)CC[C@]4(C)[C@H]3CC[C@@]21C. The summed E-state index contributed by atoms with van der Waals surface area (Å²) in [6, 6.07) is 0. The Morgan fingerprint density at radius 3 is 2.28 bits per heavy atom. The summed E-state index contributed by atoms with van der Waals surface area (Å²) < 4.78 is 0. The normalized spacial score (nSPS) is 59.6. The summed E-state index contributed by atoms with van der Waals surface area (Å²) in [6.45, 7) is 6.27. The fourth-order valence-electron chi connectivity index (χ4n) is 7.94. The van der Waals surface area contributed by atoms with Crippen LogP contribution >= 0.6 is 0 Å². The van der Waals surface area contributed by atoms with Crippen molar-refractivity contribution in [2.24, 2.45) is 34.5 Å². The van der Waals surface area contributed by atoms with Crippen LogP contribution in [-0.2, 0) is 0 Å². The van der Waals surface area contributed by atoms with Crippen molar-refractivity contribution >= 4 is 0 Å². The van der Waals surface area contributed by atoms with Crippen molar-refractivity contribution in [1.29, 1.82) is 0 Å². The molecular formula is C21H36O4. The summed E-state index contributed by atoms with van der Waals surface area (Å²) in [4.78, 5) is 0. The van der Waals surface area contributed by atoms with E-state index in [2.05, 4.69) is 13.8 Å². The lowest BCUT2D eigenvalue weighted by Crippen LogP contribution is -2.62. The molecule has 0 bridgehead atoms. The third-order valence-electron chi connectivity index (χ3n) is 9.56. The van der Waals surface area contributed by atoms with E-state index in [9.17, 15) is 20.4 Å². The van der Waals surface area contributed by atoms with Gasteiger partial charge in [0.1, 0.15) is 0 Å². The molecule has 4 N–H and O–H groups in total. The van der Waals surface area contributed by atoms with Gasteiger partial charge in [0.15, 0.2) is 0 Å². The average molecular weight is 353 g/mol. The second kappa shape index (κ2) is 5.67. The molecule has 144 valence electrons. The predicted molar refractivity (Wildman–Crippen MR) is 95.8 cm³/mol. The molecule has 4 saturated carbocycles. The van der Waals surface area contributed by atoms with Crippen LogP contribution in [-0.4, -0.2) is 44.3 Å². The molecule has 4 heteroatoms. The van der Waals surface area contributed by atoms with Crippen molar-refractivity contribution < 1.29 is 20.4 Å². The smallest absolute Gasteiger partial charge is 0.0958 e. The van der Waals surface area contributed by atoms with Gasteiger partial charge in [-0.1, -0.05) is 13.8 Å². The highest BCUT2D eigenvalue weighted by Crippen LogP contribution is 2.68. The van der Waals surface area contributed by atoms with Crippen molar-refractivity contribution in [1.82, 2.24) is 0 Å². The second-order valence-electron chi connectivity index (χ2n) is 10.3. The molecule has 10 atom stereocenters. The lowest BCUT2D eigenvalue weighted by atomic mass is 9.43. The summed E-state index contributed by atoms with van der Waals surface area (Å²) in [5.74, 6) is 1.39. The number of fused-ring (bicyclic) bond motifs is 5. The first-order chi connectivity index (χ1) is 11.6. The fraction of sp³-hybridized carbons (Fsp3) is 1.00. The Morgan fingerprint density at radius 2 is 1.60 bits per heavy atom. The Balaban J connectivity index is 1.68. The van der Waals surface area contributed by atoms with E-state index in [-0.39, 0.29) is 34.9 Å². The van der Waals surface area contributed by atoms with E-state index < -0.39 is 11.7 Å². The third kappa shape index (κ3) is 2.27. The Labute approximate surface area is 151 Å². The Morgan fingerprint density at radius 1 is 0.920 bits per heavy atom. The van der Waals surface area contributed by atoms with E-state index in [0.717, 1.165) is 44.9 Å². The molecule has 0 aromatic carbocycles. The van der Waals surface area contributed by atoms with Gasteiger partial charge in [0.2, 0.25) is 0 Å². The zero-order chi connectivity index (χ0) is 18.2. The van der Waals surface area contributed by atoms with Gasteiger partial charge < -0.3 is 20.4 Å². The van der Waals surface area contributed by atoms with Gasteiger partial charge in [0.05, 0.1) is 23.9 Å². The summed E-state index contributed by atoms with van der Waals surface area (Å²) in [5.41, 5.74) is -1.13. The molecule has 4 nitrogen and oxygen atoms in total. The zero-order valence-corrected chi connectivity index (χ0v) is 16.0. The number of aliphatic hydroxyl groups is 4. The maximum absolute atomic E-state index is 11.3. The first-order valence-electron chi connectivity index (χ1n) is 10.4. The van der Waals surface area contributed by atoms with Crippen LogP contribution in [0.3, 0.4) is 0 Å². The number of rotatable bonds is 1. The Kier molecular flexibility index (Phi) is 4.13. The van der Waals surface area contributed by atoms with Gasteiger partial charge in [-0.2, -0.15) is 0 Å². The van der Waals surface area contributed by atoms with Gasteiger partial charge in [-0.3, -0.25) is 0 Å². The molecule has 4 aliphatic carbocycles. The molecule has 0 aromatic rings. The van der Waals surface area contributed by atoms with Crippen molar-refractivity contribution in [3.05, 3.63) is 0 Å². The maximum Gasteiger partial charge on any atom is 0.0958 e. The monoisotopic (exact) mass is 352 g/mol. The molecule has 0 aromatic heterocycles. The number of aliphatic hydroxyl groups excluding tert-OH is 3. The van der Waals surface area contributed by atoms with Crippen molar-refractivity contribution in [2.45, 2.75) is 96.1 Å². The van der Waals surface area contributed by atoms with Crippen LogP contribution in [0.25, 0.3) is 0 Å². The van der Waals surface area contributed by atoms with Gasteiger partial charge in [-0.15, -0.1) is 0 Å². The predicted octanol–water partition coefficient (Wildman–Crippen LogP) is 2.47. The first-order valence-corrected chi connectivity index (χ1v) is 10.4. The van der Waals surface area contributed by atoms with Crippen LogP contribution in [0.15, 0.2) is 0 Å². The van der Waals surface area contributed by atoms with Crippen molar-refractivity contribution in [3.63, 3.8) is 0 Å². The summed E-state index contributed by atoms with van der Waals surface area (Å²) in [6.07, 6.45) is 5.77. The van der Waals surface area contributed by atoms with Crippen molar-refractivity contribution in [3.8, 4) is 0 Å². The Hall–Kier alpha value is -0.160. The zero-order valence-electron chi connectivity index (χ0n) is 16.0. The molecule has 0 aliphatic heterocycles. The standard InChI is InChI=1S/C21H36O4/c1-12(22)21(25)9-6-16-18-15(5-8-20(16,21)3)19(2)7-4-14(23)10-13(19)11-17(18)24/h12-18,22-25H,4-11H2,1-3H3/t12?,13?,14?,15-,16-,17?,18+,19-,20-,21-/m0/s1. The number of hydrogen-bond acceptors (Lipinski definition) is 4. The van der Waals surface area contributed by atoms with Crippen LogP contribution in [0, 0.1) is 34.5 Å². The molecule has 0 amide bonds. The first kappa shape index (κ1) is 18.2. The molecule has 4 fully saturated rings. The molecular weight excluding hydrogens is 316 g/mol. The van der Waals surface area contributed by atoms with Gasteiger partial charge >= 0.3 is 0 Å². The van der Waals surface area contributed by atoms with E-state index in [0.29, 0.717) is 18.3 Å². The van der Waals surface area contributed by atoms with Crippen LogP contribution in [0.4, 0.5) is 0 Å². The second-order valence-corrected chi connectivity index (χ2v) is 10.3. The maximum atomic E-state index is 11.3. The number of hydrogen-bond donors (Lipinski definition) is 4. The molecule has 4 unspecified atom stereocenters. The largest absolute Gasteiger partial charge is 0.393 e. The third-order valence-corrected chi connectivity index (χ3v) is 9.56. The highest BCUT2D eigenvalue weighted by Gasteiger charge is 2.67. The minimum Gasteiger partial charge on any atom is -0.393 e. The van der Waals surface area contributed by atoms with E-state index in [1.807, 2.05) is 0 Å². The molecule has 4 rings (SSSR count). The van der Waals surface area contributed by atoms with Crippen molar-refractivity contribution in [2.75, 3.05) is 0 Å². The lowest BCUT2D eigenvalue weighted by molar-refractivity contribution is -0.208. The molecule has 0 heterocycles. The molecule has 0 saturated heterocycles. The quantitative estimate of drug-likeness (QED) is 0.584. The van der Waals surface area contributed by atoms with E-state index >= 15 is 0 Å². The topological polar surface area (TPSA) is 80.9 Å². The van der Waals surface area contributed by atoms with Crippen LogP contribution in [0.2, 0.25) is 0 Å². The summed E-state index contributed by atoms with van der Waals surface area (Å²) >= 11 is 0. The lowest BCUT2D eigenvalue weighted by Gasteiger charge is -2.63. The summed E-state index contributed by atoms with van der Waals surface area (Å²) in [5, 5.41) is 42.8. The highest BCUT2D eigenvalue weighted by atomic mass is 16.3. The average Bonchev–Trinajstić information content (AvgIpc) is 2.82. The molecule has 0 spiro atoms. The van der Waals surface area contributed by atoms with E-state index in [1.165, 1.54) is 0 Å². The van der Waals surface area contributed by atoms with Gasteiger partial charge in [-0.25, -0.2) is 0 Å². The Bertz CT molecular complexity index is 536. The van der Waals surface area contributed by atoms with Crippen LogP contribution in [0.1, 0.15) is 72.1 Å². The van der Waals surface area contributed by atoms with Gasteiger partial charge in [-0.05, 0) is 87.4 Å². The fourth-order valence-corrected chi connectivity index (χ4v) is 7.94. The van der Waals surface area contributed by atoms with Crippen LogP contribution < -0.4 is 0 Å². The molecule has 4 aliphatic rings. The minimum absolute atomic E-state index is 0.204.